The third kappa shape index (κ3) is 2.98. The fraction of sp³-hybridized carbons (Fsp3) is 0.750. The molecule has 0 aliphatic rings. The molecule has 0 aromatic carbocycles. The first-order chi connectivity index (χ1) is 7.94. The van der Waals surface area contributed by atoms with Gasteiger partial charge in [0.25, 0.3) is 0 Å². The van der Waals surface area contributed by atoms with E-state index >= 15 is 0 Å². The maximum absolute atomic E-state index is 10.5. The van der Waals surface area contributed by atoms with E-state index in [-0.39, 0.29) is 6.04 Å². The highest BCUT2D eigenvalue weighted by atomic mass is 16.5. The highest BCUT2D eigenvalue weighted by molar-refractivity contribution is 5.31. The van der Waals surface area contributed by atoms with E-state index in [0.29, 0.717) is 12.3 Å². The van der Waals surface area contributed by atoms with E-state index < -0.39 is 5.60 Å². The van der Waals surface area contributed by atoms with Gasteiger partial charge in [0.2, 0.25) is 0 Å². The first-order valence-electron chi connectivity index (χ1n) is 5.99. The first kappa shape index (κ1) is 14.0. The van der Waals surface area contributed by atoms with Crippen LogP contribution in [0.25, 0.3) is 0 Å². The minimum atomic E-state index is -0.998. The molecule has 1 aromatic heterocycles. The molecule has 0 fully saturated rings. The van der Waals surface area contributed by atoms with Gasteiger partial charge in [0, 0.05) is 12.6 Å². The van der Waals surface area contributed by atoms with Gasteiger partial charge in [0.05, 0.1) is 13.3 Å². The second kappa shape index (κ2) is 5.51. The van der Waals surface area contributed by atoms with Crippen LogP contribution in [0, 0.1) is 0 Å². The van der Waals surface area contributed by atoms with Gasteiger partial charge in [-0.2, -0.15) is 5.10 Å². The van der Waals surface area contributed by atoms with Crippen LogP contribution < -0.4 is 10.1 Å². The number of likely N-dealkylation sites (N-methyl/N-ethyl adjacent to an activating group) is 1. The molecule has 0 spiro atoms. The Labute approximate surface area is 103 Å². The van der Waals surface area contributed by atoms with Gasteiger partial charge in [0.1, 0.15) is 11.3 Å². The van der Waals surface area contributed by atoms with Crippen molar-refractivity contribution in [3.05, 3.63) is 11.9 Å². The van der Waals surface area contributed by atoms with Crippen molar-refractivity contribution in [2.24, 2.45) is 0 Å². The van der Waals surface area contributed by atoms with E-state index in [9.17, 15) is 5.11 Å². The number of hydrogen-bond acceptors (Lipinski definition) is 4. The molecule has 1 aromatic rings. The molecule has 0 amide bonds. The van der Waals surface area contributed by atoms with Gasteiger partial charge in [-0.05, 0) is 27.3 Å². The number of methoxy groups -OCH3 is 1. The molecule has 0 saturated carbocycles. The van der Waals surface area contributed by atoms with Gasteiger partial charge in [-0.3, -0.25) is 4.68 Å². The second-order valence-corrected chi connectivity index (χ2v) is 4.65. The molecule has 1 rings (SSSR count). The fourth-order valence-corrected chi connectivity index (χ4v) is 1.85. The van der Waals surface area contributed by atoms with E-state index in [4.69, 9.17) is 4.74 Å². The summed E-state index contributed by atoms with van der Waals surface area (Å²) in [6.07, 6.45) is 1.65. The van der Waals surface area contributed by atoms with Crippen molar-refractivity contribution in [1.29, 1.82) is 0 Å². The molecule has 1 heterocycles. The predicted octanol–water partition coefficient (Wildman–Crippen LogP) is 1.29. The third-order valence-corrected chi connectivity index (χ3v) is 2.70. The molecule has 2 N–H and O–H groups in total. The minimum Gasteiger partial charge on any atom is -0.493 e. The third-order valence-electron chi connectivity index (χ3n) is 2.70. The number of aromatic nitrogens is 2. The Morgan fingerprint density at radius 2 is 2.24 bits per heavy atom. The van der Waals surface area contributed by atoms with Crippen LogP contribution in [0.1, 0.15) is 39.4 Å². The van der Waals surface area contributed by atoms with Gasteiger partial charge in [-0.15, -0.1) is 0 Å². The van der Waals surface area contributed by atoms with Crippen LogP contribution in [0.15, 0.2) is 6.20 Å². The normalized spacial score (nSPS) is 15.0. The van der Waals surface area contributed by atoms with Crippen LogP contribution in [-0.2, 0) is 5.60 Å². The lowest BCUT2D eigenvalue weighted by Gasteiger charge is -2.26. The lowest BCUT2D eigenvalue weighted by Crippen LogP contribution is -2.37. The molecule has 5 heteroatoms. The van der Waals surface area contributed by atoms with Crippen LogP contribution in [-0.4, -0.2) is 35.1 Å². The van der Waals surface area contributed by atoms with Crippen LogP contribution in [0.5, 0.6) is 5.75 Å². The lowest BCUT2D eigenvalue weighted by molar-refractivity contribution is 0.0442. The quantitative estimate of drug-likeness (QED) is 0.788. The predicted molar refractivity (Wildman–Crippen MR) is 67.3 cm³/mol. The van der Waals surface area contributed by atoms with Crippen molar-refractivity contribution in [2.75, 3.05) is 20.2 Å². The molecule has 0 aliphatic heterocycles. The smallest absolute Gasteiger partial charge is 0.162 e. The Morgan fingerprint density at radius 1 is 1.59 bits per heavy atom. The van der Waals surface area contributed by atoms with Crippen LogP contribution >= 0.6 is 0 Å². The molecule has 0 aliphatic carbocycles. The Balaban J connectivity index is 3.12. The summed E-state index contributed by atoms with van der Waals surface area (Å²) in [4.78, 5) is 0. The standard InChI is InChI=1S/C12H23N3O2/c1-6-13-8-12(4,16)11-10(17-5)7-14-15(11)9(2)3/h7,9,13,16H,6,8H2,1-5H3. The van der Waals surface area contributed by atoms with Gasteiger partial charge < -0.3 is 15.2 Å². The molecular weight excluding hydrogens is 218 g/mol. The monoisotopic (exact) mass is 241 g/mol. The molecule has 1 atom stereocenters. The molecule has 0 bridgehead atoms. The van der Waals surface area contributed by atoms with Crippen molar-refractivity contribution < 1.29 is 9.84 Å². The van der Waals surface area contributed by atoms with Crippen molar-refractivity contribution in [1.82, 2.24) is 15.1 Å². The van der Waals surface area contributed by atoms with Crippen LogP contribution in [0.4, 0.5) is 0 Å². The number of hydrogen-bond donors (Lipinski definition) is 2. The molecule has 17 heavy (non-hydrogen) atoms. The zero-order valence-corrected chi connectivity index (χ0v) is 11.3. The number of ether oxygens (including phenoxy) is 1. The summed E-state index contributed by atoms with van der Waals surface area (Å²) in [5, 5.41) is 18.0. The van der Waals surface area contributed by atoms with E-state index in [1.165, 1.54) is 0 Å². The van der Waals surface area contributed by atoms with Gasteiger partial charge in [-0.25, -0.2) is 0 Å². The van der Waals surface area contributed by atoms with E-state index in [1.54, 1.807) is 24.9 Å². The van der Waals surface area contributed by atoms with Crippen molar-refractivity contribution in [3.63, 3.8) is 0 Å². The van der Waals surface area contributed by atoms with E-state index in [0.717, 1.165) is 12.2 Å². The molecule has 1 unspecified atom stereocenters. The van der Waals surface area contributed by atoms with Gasteiger partial charge >= 0.3 is 0 Å². The number of nitrogens with zero attached hydrogens (tertiary/aromatic N) is 2. The van der Waals surface area contributed by atoms with Crippen LogP contribution in [0.3, 0.4) is 0 Å². The maximum atomic E-state index is 10.5. The number of aliphatic hydroxyl groups is 1. The molecule has 0 saturated heterocycles. The molecule has 98 valence electrons. The summed E-state index contributed by atoms with van der Waals surface area (Å²) in [5.74, 6) is 0.626. The Morgan fingerprint density at radius 3 is 2.71 bits per heavy atom. The van der Waals surface area contributed by atoms with E-state index in [1.807, 2.05) is 20.8 Å². The molecular formula is C12H23N3O2. The summed E-state index contributed by atoms with van der Waals surface area (Å²) in [5.41, 5.74) is -0.279. The Bertz CT molecular complexity index is 359. The average molecular weight is 241 g/mol. The summed E-state index contributed by atoms with van der Waals surface area (Å²) < 4.78 is 7.07. The SMILES string of the molecule is CCNCC(C)(O)c1c(OC)cnn1C(C)C. The van der Waals surface area contributed by atoms with Crippen molar-refractivity contribution in [2.45, 2.75) is 39.3 Å². The van der Waals surface area contributed by atoms with Crippen molar-refractivity contribution in [3.8, 4) is 5.75 Å². The summed E-state index contributed by atoms with van der Waals surface area (Å²) in [7, 11) is 1.59. The summed E-state index contributed by atoms with van der Waals surface area (Å²) in [6.45, 7) is 9.12. The molecule has 0 radical (unpaired) electrons. The topological polar surface area (TPSA) is 59.3 Å². The van der Waals surface area contributed by atoms with E-state index in [2.05, 4.69) is 10.4 Å². The molecule has 5 nitrogen and oxygen atoms in total. The summed E-state index contributed by atoms with van der Waals surface area (Å²) >= 11 is 0. The zero-order chi connectivity index (χ0) is 13.1. The average Bonchev–Trinajstić information content (AvgIpc) is 2.70. The largest absolute Gasteiger partial charge is 0.493 e. The maximum Gasteiger partial charge on any atom is 0.162 e. The second-order valence-electron chi connectivity index (χ2n) is 4.65. The fourth-order valence-electron chi connectivity index (χ4n) is 1.85. The number of nitrogens with one attached hydrogen (secondary N) is 1. The first-order valence-corrected chi connectivity index (χ1v) is 5.99. The summed E-state index contributed by atoms with van der Waals surface area (Å²) in [6, 6.07) is 0.182. The highest BCUT2D eigenvalue weighted by Gasteiger charge is 2.31. The highest BCUT2D eigenvalue weighted by Crippen LogP contribution is 2.31. The van der Waals surface area contributed by atoms with Gasteiger partial charge in [0.15, 0.2) is 5.75 Å². The van der Waals surface area contributed by atoms with Crippen molar-refractivity contribution >= 4 is 0 Å². The van der Waals surface area contributed by atoms with Crippen LogP contribution in [0.2, 0.25) is 0 Å². The van der Waals surface area contributed by atoms with Gasteiger partial charge in [-0.1, -0.05) is 6.92 Å². The number of rotatable bonds is 6. The minimum absolute atomic E-state index is 0.182. The zero-order valence-electron chi connectivity index (χ0n) is 11.3. The Hall–Kier alpha value is -1.07. The lowest BCUT2D eigenvalue weighted by atomic mass is 10.0. The Kier molecular flexibility index (Phi) is 4.54.